The van der Waals surface area contributed by atoms with Gasteiger partial charge in [0.05, 0.1) is 20.3 Å². The molecule has 0 aromatic rings. The molecule has 0 spiro atoms. The van der Waals surface area contributed by atoms with Crippen LogP contribution in [0.15, 0.2) is 0 Å². The minimum atomic E-state index is -0.679. The molecule has 90 valence electrons. The van der Waals surface area contributed by atoms with Crippen molar-refractivity contribution in [2.45, 2.75) is 18.9 Å². The first-order chi connectivity index (χ1) is 7.10. The molecule has 0 heterocycles. The van der Waals surface area contributed by atoms with E-state index < -0.39 is 5.54 Å². The first-order valence-electron chi connectivity index (χ1n) is 4.94. The Morgan fingerprint density at radius 3 is 2.40 bits per heavy atom. The van der Waals surface area contributed by atoms with Crippen molar-refractivity contribution in [3.8, 4) is 0 Å². The lowest BCUT2D eigenvalue weighted by atomic mass is 9.99. The lowest BCUT2D eigenvalue weighted by Crippen LogP contribution is -2.49. The molecule has 0 saturated carbocycles. The number of carbonyl (C=O) groups excluding carboxylic acids is 1. The van der Waals surface area contributed by atoms with Gasteiger partial charge < -0.3 is 19.5 Å². The van der Waals surface area contributed by atoms with Crippen molar-refractivity contribution >= 4 is 5.97 Å². The molecule has 0 rings (SSSR count). The standard InChI is InChI=1S/C10H21NO4/c1-10(11-2,9(12)14-4)5-6-15-8-7-13-3/h11H,5-8H2,1-4H3. The topological polar surface area (TPSA) is 56.8 Å². The van der Waals surface area contributed by atoms with E-state index in [4.69, 9.17) is 14.2 Å². The SMILES string of the molecule is CNC(C)(CCOCCOC)C(=O)OC. The van der Waals surface area contributed by atoms with Gasteiger partial charge in [-0.1, -0.05) is 0 Å². The number of hydrogen-bond acceptors (Lipinski definition) is 5. The summed E-state index contributed by atoms with van der Waals surface area (Å²) in [7, 11) is 4.73. The van der Waals surface area contributed by atoms with Crippen LogP contribution in [0.2, 0.25) is 0 Å². The van der Waals surface area contributed by atoms with E-state index in [2.05, 4.69) is 5.32 Å². The molecule has 0 saturated heterocycles. The number of nitrogens with one attached hydrogen (secondary N) is 1. The summed E-state index contributed by atoms with van der Waals surface area (Å²) in [5, 5.41) is 2.93. The summed E-state index contributed by atoms with van der Waals surface area (Å²) in [5.74, 6) is -0.277. The van der Waals surface area contributed by atoms with E-state index in [0.717, 1.165) is 0 Å². The highest BCUT2D eigenvalue weighted by Crippen LogP contribution is 2.10. The van der Waals surface area contributed by atoms with Crippen LogP contribution >= 0.6 is 0 Å². The first-order valence-corrected chi connectivity index (χ1v) is 4.94. The predicted octanol–water partition coefficient (Wildman–Crippen LogP) is 0.191. The lowest BCUT2D eigenvalue weighted by Gasteiger charge is -2.25. The van der Waals surface area contributed by atoms with Gasteiger partial charge in [-0.25, -0.2) is 0 Å². The van der Waals surface area contributed by atoms with E-state index in [9.17, 15) is 4.79 Å². The summed E-state index contributed by atoms with van der Waals surface area (Å²) in [4.78, 5) is 11.4. The highest BCUT2D eigenvalue weighted by atomic mass is 16.5. The quantitative estimate of drug-likeness (QED) is 0.466. The van der Waals surface area contributed by atoms with E-state index in [1.54, 1.807) is 21.1 Å². The fourth-order valence-corrected chi connectivity index (χ4v) is 1.07. The van der Waals surface area contributed by atoms with Gasteiger partial charge in [-0.15, -0.1) is 0 Å². The third-order valence-corrected chi connectivity index (χ3v) is 2.37. The van der Waals surface area contributed by atoms with Crippen LogP contribution < -0.4 is 5.32 Å². The molecule has 5 nitrogen and oxygen atoms in total. The van der Waals surface area contributed by atoms with E-state index in [1.165, 1.54) is 7.11 Å². The summed E-state index contributed by atoms with van der Waals surface area (Å²) in [6.45, 7) is 3.39. The molecule has 0 aliphatic heterocycles. The summed E-state index contributed by atoms with van der Waals surface area (Å²) in [6, 6.07) is 0. The highest BCUT2D eigenvalue weighted by molar-refractivity contribution is 5.80. The number of methoxy groups -OCH3 is 2. The molecule has 0 bridgehead atoms. The van der Waals surface area contributed by atoms with Gasteiger partial charge in [-0.05, 0) is 20.4 Å². The molecule has 1 atom stereocenters. The van der Waals surface area contributed by atoms with E-state index in [-0.39, 0.29) is 5.97 Å². The van der Waals surface area contributed by atoms with Crippen LogP contribution in [0.5, 0.6) is 0 Å². The first kappa shape index (κ1) is 14.3. The Kier molecular flexibility index (Phi) is 7.29. The van der Waals surface area contributed by atoms with Gasteiger partial charge in [0.2, 0.25) is 0 Å². The van der Waals surface area contributed by atoms with Gasteiger partial charge in [0.25, 0.3) is 0 Å². The maximum atomic E-state index is 11.4. The number of ether oxygens (including phenoxy) is 3. The Hall–Kier alpha value is -0.650. The van der Waals surface area contributed by atoms with Gasteiger partial charge >= 0.3 is 5.97 Å². The molecule has 0 radical (unpaired) electrons. The molecule has 1 unspecified atom stereocenters. The number of hydrogen-bond donors (Lipinski definition) is 1. The molecule has 0 aliphatic carbocycles. The van der Waals surface area contributed by atoms with Crippen molar-refractivity contribution < 1.29 is 19.0 Å². The molecule has 0 fully saturated rings. The average Bonchev–Trinajstić information content (AvgIpc) is 2.27. The third-order valence-electron chi connectivity index (χ3n) is 2.37. The Balaban J connectivity index is 3.83. The maximum Gasteiger partial charge on any atom is 0.325 e. The summed E-state index contributed by atoms with van der Waals surface area (Å²) >= 11 is 0. The highest BCUT2D eigenvalue weighted by Gasteiger charge is 2.31. The van der Waals surface area contributed by atoms with Crippen LogP contribution in [0, 0.1) is 0 Å². The zero-order valence-electron chi connectivity index (χ0n) is 9.96. The van der Waals surface area contributed by atoms with Crippen molar-refractivity contribution in [3.63, 3.8) is 0 Å². The molecular formula is C10H21NO4. The van der Waals surface area contributed by atoms with Crippen molar-refractivity contribution in [1.82, 2.24) is 5.32 Å². The van der Waals surface area contributed by atoms with E-state index in [0.29, 0.717) is 26.2 Å². The van der Waals surface area contributed by atoms with Crippen LogP contribution in [0.25, 0.3) is 0 Å². The zero-order chi connectivity index (χ0) is 11.7. The van der Waals surface area contributed by atoms with E-state index >= 15 is 0 Å². The van der Waals surface area contributed by atoms with Crippen LogP contribution in [-0.4, -0.2) is 52.6 Å². The summed E-state index contributed by atoms with van der Waals surface area (Å²) in [6.07, 6.45) is 0.569. The summed E-state index contributed by atoms with van der Waals surface area (Å²) < 4.78 is 14.8. The molecule has 1 N–H and O–H groups in total. The lowest BCUT2D eigenvalue weighted by molar-refractivity contribution is -0.148. The number of carbonyl (C=O) groups is 1. The molecule has 15 heavy (non-hydrogen) atoms. The second-order valence-electron chi connectivity index (χ2n) is 3.43. The van der Waals surface area contributed by atoms with Crippen molar-refractivity contribution in [3.05, 3.63) is 0 Å². The molecule has 0 aliphatic rings. The van der Waals surface area contributed by atoms with Gasteiger partial charge in [0.1, 0.15) is 5.54 Å². The Morgan fingerprint density at radius 1 is 1.27 bits per heavy atom. The number of rotatable bonds is 8. The second-order valence-corrected chi connectivity index (χ2v) is 3.43. The minimum Gasteiger partial charge on any atom is -0.468 e. The van der Waals surface area contributed by atoms with Gasteiger partial charge in [0.15, 0.2) is 0 Å². The molecule has 0 aromatic heterocycles. The van der Waals surface area contributed by atoms with Gasteiger partial charge in [-0.3, -0.25) is 4.79 Å². The number of esters is 1. The second kappa shape index (κ2) is 7.62. The molecule has 0 aromatic carbocycles. The number of likely N-dealkylation sites (N-methyl/N-ethyl adjacent to an activating group) is 1. The van der Waals surface area contributed by atoms with Gasteiger partial charge in [0, 0.05) is 13.7 Å². The average molecular weight is 219 g/mol. The minimum absolute atomic E-state index is 0.277. The third kappa shape index (κ3) is 5.11. The van der Waals surface area contributed by atoms with Crippen molar-refractivity contribution in [2.24, 2.45) is 0 Å². The maximum absolute atomic E-state index is 11.4. The normalized spacial score (nSPS) is 14.7. The Labute approximate surface area is 91.1 Å². The fraction of sp³-hybridized carbons (Fsp3) is 0.900. The van der Waals surface area contributed by atoms with Crippen molar-refractivity contribution in [1.29, 1.82) is 0 Å². The zero-order valence-corrected chi connectivity index (χ0v) is 9.96. The summed E-state index contributed by atoms with van der Waals surface area (Å²) in [5.41, 5.74) is -0.679. The molecule has 5 heteroatoms. The monoisotopic (exact) mass is 219 g/mol. The predicted molar refractivity (Wildman–Crippen MR) is 56.8 cm³/mol. The fourth-order valence-electron chi connectivity index (χ4n) is 1.07. The smallest absolute Gasteiger partial charge is 0.325 e. The van der Waals surface area contributed by atoms with Crippen LogP contribution in [0.1, 0.15) is 13.3 Å². The Bertz CT molecular complexity index is 186. The van der Waals surface area contributed by atoms with Crippen molar-refractivity contribution in [2.75, 3.05) is 41.1 Å². The van der Waals surface area contributed by atoms with Crippen LogP contribution in [0.4, 0.5) is 0 Å². The molecule has 0 amide bonds. The van der Waals surface area contributed by atoms with E-state index in [1.807, 2.05) is 0 Å². The van der Waals surface area contributed by atoms with Crippen LogP contribution in [-0.2, 0) is 19.0 Å². The van der Waals surface area contributed by atoms with Crippen LogP contribution in [0.3, 0.4) is 0 Å². The largest absolute Gasteiger partial charge is 0.468 e. The van der Waals surface area contributed by atoms with Gasteiger partial charge in [-0.2, -0.15) is 0 Å². The molecular weight excluding hydrogens is 198 g/mol. The Morgan fingerprint density at radius 2 is 1.93 bits per heavy atom.